The number of benzene rings is 3. The summed E-state index contributed by atoms with van der Waals surface area (Å²) >= 11 is 1.46. The van der Waals surface area contributed by atoms with E-state index in [1.807, 2.05) is 24.3 Å². The van der Waals surface area contributed by atoms with E-state index in [1.54, 1.807) is 24.3 Å². The van der Waals surface area contributed by atoms with E-state index in [4.69, 9.17) is 4.74 Å². The molecule has 0 radical (unpaired) electrons. The largest absolute Gasteiger partial charge is 0.507 e. The monoisotopic (exact) mass is 523 g/mol. The number of nitrogens with one attached hydrogen (secondary N) is 1. The van der Waals surface area contributed by atoms with Gasteiger partial charge in [-0.2, -0.15) is 4.31 Å². The Kier molecular flexibility index (Phi) is 6.65. The summed E-state index contributed by atoms with van der Waals surface area (Å²) in [5.41, 5.74) is 1.88. The Labute approximate surface area is 213 Å². The average Bonchev–Trinajstić information content (AvgIpc) is 3.34. The topological polar surface area (TPSA) is 109 Å². The van der Waals surface area contributed by atoms with E-state index in [0.717, 1.165) is 10.2 Å². The van der Waals surface area contributed by atoms with Crippen LogP contribution < -0.4 is 10.1 Å². The van der Waals surface area contributed by atoms with E-state index in [9.17, 15) is 18.3 Å². The van der Waals surface area contributed by atoms with E-state index in [1.165, 1.54) is 41.0 Å². The van der Waals surface area contributed by atoms with Crippen LogP contribution in [-0.2, 0) is 14.8 Å². The smallest absolute Gasteiger partial charge is 0.243 e. The lowest BCUT2D eigenvalue weighted by atomic mass is 9.98. The molecule has 4 aromatic rings. The summed E-state index contributed by atoms with van der Waals surface area (Å²) in [6, 6.07) is 18.8. The molecule has 0 bridgehead atoms. The van der Waals surface area contributed by atoms with Gasteiger partial charge < -0.3 is 15.2 Å². The van der Waals surface area contributed by atoms with Crippen LogP contribution in [0.3, 0.4) is 0 Å². The minimum absolute atomic E-state index is 0.0708. The summed E-state index contributed by atoms with van der Waals surface area (Å²) in [5, 5.41) is 14.0. The molecule has 3 aromatic carbocycles. The Bertz CT molecular complexity index is 1480. The fourth-order valence-corrected chi connectivity index (χ4v) is 6.80. The fraction of sp³-hybridized carbons (Fsp3) is 0.231. The average molecular weight is 524 g/mol. The van der Waals surface area contributed by atoms with Crippen molar-refractivity contribution in [2.24, 2.45) is 5.92 Å². The third-order valence-corrected chi connectivity index (χ3v) is 9.19. The second kappa shape index (κ2) is 9.88. The normalized spacial score (nSPS) is 16.6. The molecule has 10 heteroatoms. The lowest BCUT2D eigenvalue weighted by Crippen LogP contribution is -2.43. The third kappa shape index (κ3) is 4.79. The highest BCUT2D eigenvalue weighted by molar-refractivity contribution is 7.89. The molecule has 1 fully saturated rings. The highest BCUT2D eigenvalue weighted by Gasteiger charge is 2.33. The van der Waals surface area contributed by atoms with Crippen molar-refractivity contribution in [1.29, 1.82) is 0 Å². The fourth-order valence-electron chi connectivity index (χ4n) is 4.29. The highest BCUT2D eigenvalue weighted by Crippen LogP contribution is 2.37. The van der Waals surface area contributed by atoms with Crippen LogP contribution in [0.5, 0.6) is 11.5 Å². The quantitative estimate of drug-likeness (QED) is 0.354. The van der Waals surface area contributed by atoms with Crippen LogP contribution in [0.25, 0.3) is 20.8 Å². The first kappa shape index (κ1) is 24.2. The van der Waals surface area contributed by atoms with Crippen molar-refractivity contribution in [1.82, 2.24) is 9.29 Å². The third-order valence-electron chi connectivity index (χ3n) is 6.24. The SMILES string of the molecule is COc1ccc(S(=O)(=O)N2CCCC(C(=O)Nc3ccc(O)c(-c4nc5ccccc5s4)c3)C2)cc1. The number of piperidine rings is 1. The maximum Gasteiger partial charge on any atom is 0.243 e. The molecular formula is C26H25N3O5S2. The second-order valence-corrected chi connectivity index (χ2v) is 11.6. The minimum atomic E-state index is -3.73. The number of rotatable bonds is 6. The Hall–Kier alpha value is -3.47. The molecule has 186 valence electrons. The van der Waals surface area contributed by atoms with Gasteiger partial charge in [0.25, 0.3) is 0 Å². The molecule has 1 aliphatic rings. The Morgan fingerprint density at radius 2 is 1.92 bits per heavy atom. The number of fused-ring (bicyclic) bond motifs is 1. The van der Waals surface area contributed by atoms with Crippen molar-refractivity contribution in [3.05, 3.63) is 66.7 Å². The zero-order chi connectivity index (χ0) is 25.3. The number of para-hydroxylation sites is 1. The summed E-state index contributed by atoms with van der Waals surface area (Å²) in [6.45, 7) is 0.460. The van der Waals surface area contributed by atoms with Gasteiger partial charge in [0.1, 0.15) is 16.5 Å². The van der Waals surface area contributed by atoms with Crippen molar-refractivity contribution in [3.63, 3.8) is 0 Å². The molecule has 0 saturated carbocycles. The van der Waals surface area contributed by atoms with Crippen molar-refractivity contribution in [2.45, 2.75) is 17.7 Å². The Morgan fingerprint density at radius 3 is 2.67 bits per heavy atom. The van der Waals surface area contributed by atoms with Gasteiger partial charge in [0.05, 0.1) is 33.7 Å². The van der Waals surface area contributed by atoms with Crippen LogP contribution in [-0.4, -0.2) is 48.9 Å². The minimum Gasteiger partial charge on any atom is -0.507 e. The molecule has 36 heavy (non-hydrogen) atoms. The molecule has 1 saturated heterocycles. The standard InChI is InChI=1S/C26H25N3O5S2/c1-34-19-9-11-20(12-10-19)36(32,33)29-14-4-5-17(16-29)25(31)27-18-8-13-23(30)21(15-18)26-28-22-6-2-3-7-24(22)35-26/h2-3,6-13,15,17,30H,4-5,14,16H2,1H3,(H,27,31). The molecular weight excluding hydrogens is 498 g/mol. The van der Waals surface area contributed by atoms with Gasteiger partial charge in [-0.3, -0.25) is 4.79 Å². The number of anilines is 1. The summed E-state index contributed by atoms with van der Waals surface area (Å²) < 4.78 is 33.8. The number of aromatic hydroxyl groups is 1. The molecule has 1 amide bonds. The van der Waals surface area contributed by atoms with Gasteiger partial charge in [-0.1, -0.05) is 12.1 Å². The number of amides is 1. The van der Waals surface area contributed by atoms with Crippen molar-refractivity contribution >= 4 is 43.2 Å². The summed E-state index contributed by atoms with van der Waals surface area (Å²) in [5.74, 6) is -0.109. The number of phenols is 1. The number of aromatic nitrogens is 1. The highest BCUT2D eigenvalue weighted by atomic mass is 32.2. The van der Waals surface area contributed by atoms with E-state index < -0.39 is 15.9 Å². The zero-order valence-electron chi connectivity index (χ0n) is 19.5. The van der Waals surface area contributed by atoms with Gasteiger partial charge in [-0.25, -0.2) is 13.4 Å². The molecule has 0 aliphatic carbocycles. The number of ether oxygens (including phenoxy) is 1. The molecule has 1 aromatic heterocycles. The summed E-state index contributed by atoms with van der Waals surface area (Å²) in [7, 11) is -2.21. The Balaban J connectivity index is 1.32. The number of sulfonamides is 1. The molecule has 8 nitrogen and oxygen atoms in total. The van der Waals surface area contributed by atoms with Gasteiger partial charge in [0.2, 0.25) is 15.9 Å². The maximum absolute atomic E-state index is 13.1. The lowest BCUT2D eigenvalue weighted by Gasteiger charge is -2.31. The number of hydrogen-bond donors (Lipinski definition) is 2. The molecule has 1 atom stereocenters. The van der Waals surface area contributed by atoms with Crippen LogP contribution >= 0.6 is 11.3 Å². The first-order valence-corrected chi connectivity index (χ1v) is 13.7. The van der Waals surface area contributed by atoms with Gasteiger partial charge in [-0.15, -0.1) is 11.3 Å². The predicted molar refractivity (Wildman–Crippen MR) is 140 cm³/mol. The molecule has 5 rings (SSSR count). The predicted octanol–water partition coefficient (Wildman–Crippen LogP) is 4.72. The number of phenolic OH excluding ortho intramolecular Hbond substituents is 1. The molecule has 2 heterocycles. The van der Waals surface area contributed by atoms with Crippen LogP contribution in [0.1, 0.15) is 12.8 Å². The molecule has 2 N–H and O–H groups in total. The van der Waals surface area contributed by atoms with Gasteiger partial charge in [0, 0.05) is 18.8 Å². The van der Waals surface area contributed by atoms with E-state index in [2.05, 4.69) is 10.3 Å². The molecule has 1 unspecified atom stereocenters. The number of carbonyl (C=O) groups excluding carboxylic acids is 1. The van der Waals surface area contributed by atoms with E-state index in [-0.39, 0.29) is 23.1 Å². The van der Waals surface area contributed by atoms with Crippen molar-refractivity contribution < 1.29 is 23.1 Å². The number of methoxy groups -OCH3 is 1. The number of thiazole rings is 1. The molecule has 1 aliphatic heterocycles. The van der Waals surface area contributed by atoms with E-state index >= 15 is 0 Å². The maximum atomic E-state index is 13.1. The van der Waals surface area contributed by atoms with Crippen LogP contribution in [0.4, 0.5) is 5.69 Å². The summed E-state index contributed by atoms with van der Waals surface area (Å²) in [4.78, 5) is 17.9. The van der Waals surface area contributed by atoms with Crippen molar-refractivity contribution in [2.75, 3.05) is 25.5 Å². The van der Waals surface area contributed by atoms with Gasteiger partial charge in [0.15, 0.2) is 0 Å². The number of carbonyl (C=O) groups is 1. The molecule has 0 spiro atoms. The zero-order valence-corrected chi connectivity index (χ0v) is 21.2. The summed E-state index contributed by atoms with van der Waals surface area (Å²) in [6.07, 6.45) is 1.17. The van der Waals surface area contributed by atoms with Crippen LogP contribution in [0.2, 0.25) is 0 Å². The van der Waals surface area contributed by atoms with E-state index in [0.29, 0.717) is 41.4 Å². The first-order chi connectivity index (χ1) is 17.3. The lowest BCUT2D eigenvalue weighted by molar-refractivity contribution is -0.120. The van der Waals surface area contributed by atoms with Crippen molar-refractivity contribution in [3.8, 4) is 22.1 Å². The second-order valence-electron chi connectivity index (χ2n) is 8.59. The Morgan fingerprint density at radius 1 is 1.14 bits per heavy atom. The van der Waals surface area contributed by atoms with Crippen LogP contribution in [0, 0.1) is 5.92 Å². The van der Waals surface area contributed by atoms with Gasteiger partial charge in [-0.05, 0) is 67.4 Å². The number of nitrogens with zero attached hydrogens (tertiary/aromatic N) is 2. The van der Waals surface area contributed by atoms with Crippen LogP contribution in [0.15, 0.2) is 71.6 Å². The number of hydrogen-bond acceptors (Lipinski definition) is 7. The first-order valence-electron chi connectivity index (χ1n) is 11.5. The van der Waals surface area contributed by atoms with Gasteiger partial charge >= 0.3 is 0 Å².